The van der Waals surface area contributed by atoms with Crippen LogP contribution in [0.15, 0.2) is 10.5 Å². The van der Waals surface area contributed by atoms with Crippen molar-refractivity contribution < 1.29 is 18.6 Å². The average Bonchev–Trinajstić information content (AvgIpc) is 2.74. The molecule has 5 nitrogen and oxygen atoms in total. The van der Waals surface area contributed by atoms with Gasteiger partial charge < -0.3 is 23.9 Å². The molecule has 5 heteroatoms. The number of aryl methyl sites for hydroxylation is 1. The zero-order valence-electron chi connectivity index (χ0n) is 12.2. The van der Waals surface area contributed by atoms with Crippen molar-refractivity contribution in [3.8, 4) is 0 Å². The molecule has 1 aromatic heterocycles. The first-order valence-corrected chi connectivity index (χ1v) is 6.65. The molecule has 0 saturated heterocycles. The molecule has 1 aromatic rings. The Balaban J connectivity index is 2.07. The highest BCUT2D eigenvalue weighted by atomic mass is 16.5. The van der Waals surface area contributed by atoms with Gasteiger partial charge in [0.15, 0.2) is 0 Å². The van der Waals surface area contributed by atoms with Crippen LogP contribution in [0.1, 0.15) is 23.5 Å². The summed E-state index contributed by atoms with van der Waals surface area (Å²) < 4.78 is 21.5. The molecular weight excluding hydrogens is 246 g/mol. The van der Waals surface area contributed by atoms with Gasteiger partial charge in [-0.15, -0.1) is 0 Å². The van der Waals surface area contributed by atoms with E-state index in [0.717, 1.165) is 30.0 Å². The van der Waals surface area contributed by atoms with E-state index in [2.05, 4.69) is 5.32 Å². The Morgan fingerprint density at radius 1 is 1.16 bits per heavy atom. The summed E-state index contributed by atoms with van der Waals surface area (Å²) in [7, 11) is 3.57. The number of furan rings is 1. The van der Waals surface area contributed by atoms with Gasteiger partial charge in [-0.05, 0) is 32.0 Å². The minimum absolute atomic E-state index is 0.516. The van der Waals surface area contributed by atoms with E-state index in [1.54, 1.807) is 7.11 Å². The van der Waals surface area contributed by atoms with Gasteiger partial charge in [-0.2, -0.15) is 0 Å². The molecule has 0 unspecified atom stereocenters. The molecule has 0 aliphatic rings. The van der Waals surface area contributed by atoms with Gasteiger partial charge in [0.1, 0.15) is 18.1 Å². The third-order valence-corrected chi connectivity index (χ3v) is 2.66. The second kappa shape index (κ2) is 9.97. The van der Waals surface area contributed by atoms with E-state index in [1.165, 1.54) is 0 Å². The molecule has 0 fully saturated rings. The van der Waals surface area contributed by atoms with Crippen molar-refractivity contribution in [2.75, 3.05) is 40.6 Å². The maximum atomic E-state index is 5.68. The molecule has 0 bridgehead atoms. The number of ether oxygens (including phenoxy) is 3. The largest absolute Gasteiger partial charge is 0.462 e. The normalized spacial score (nSPS) is 11.1. The molecule has 0 saturated carbocycles. The molecule has 0 aliphatic heterocycles. The minimum atomic E-state index is 0.516. The van der Waals surface area contributed by atoms with Crippen LogP contribution in [0.2, 0.25) is 0 Å². The Bertz CT molecular complexity index is 338. The van der Waals surface area contributed by atoms with Gasteiger partial charge in [0, 0.05) is 20.3 Å². The maximum absolute atomic E-state index is 5.68. The van der Waals surface area contributed by atoms with E-state index in [-0.39, 0.29) is 0 Å². The highest BCUT2D eigenvalue weighted by molar-refractivity contribution is 5.19. The molecule has 1 N–H and O–H groups in total. The number of methoxy groups -OCH3 is 1. The molecule has 19 heavy (non-hydrogen) atoms. The van der Waals surface area contributed by atoms with Crippen LogP contribution in [-0.2, 0) is 27.4 Å². The van der Waals surface area contributed by atoms with Crippen LogP contribution >= 0.6 is 0 Å². The molecule has 1 heterocycles. The number of hydrogen-bond acceptors (Lipinski definition) is 5. The number of hydrogen-bond donors (Lipinski definition) is 1. The molecule has 0 aromatic carbocycles. The summed E-state index contributed by atoms with van der Waals surface area (Å²) in [6, 6.07) is 2.03. The summed E-state index contributed by atoms with van der Waals surface area (Å²) in [4.78, 5) is 0. The summed E-state index contributed by atoms with van der Waals surface area (Å²) in [5, 5.41) is 3.08. The monoisotopic (exact) mass is 271 g/mol. The second-order valence-corrected chi connectivity index (χ2v) is 4.36. The van der Waals surface area contributed by atoms with Gasteiger partial charge in [-0.25, -0.2) is 0 Å². The maximum Gasteiger partial charge on any atom is 0.130 e. The topological polar surface area (TPSA) is 52.9 Å². The zero-order valence-corrected chi connectivity index (χ0v) is 12.2. The zero-order chi connectivity index (χ0) is 13.9. The Morgan fingerprint density at radius 3 is 2.68 bits per heavy atom. The molecule has 0 spiro atoms. The summed E-state index contributed by atoms with van der Waals surface area (Å²) in [5.41, 5.74) is 1.16. The Hall–Kier alpha value is -0.880. The Morgan fingerprint density at radius 2 is 1.95 bits per heavy atom. The van der Waals surface area contributed by atoms with Crippen molar-refractivity contribution in [2.45, 2.75) is 26.5 Å². The van der Waals surface area contributed by atoms with E-state index >= 15 is 0 Å². The SMILES string of the molecule is CNCc1oc(COCCCOCCOC)cc1C. The van der Waals surface area contributed by atoms with E-state index in [4.69, 9.17) is 18.6 Å². The van der Waals surface area contributed by atoms with Crippen LogP contribution in [0, 0.1) is 6.92 Å². The minimum Gasteiger partial charge on any atom is -0.462 e. The van der Waals surface area contributed by atoms with Crippen molar-refractivity contribution in [1.82, 2.24) is 5.32 Å². The number of nitrogens with one attached hydrogen (secondary N) is 1. The predicted molar refractivity (Wildman–Crippen MR) is 73.2 cm³/mol. The summed E-state index contributed by atoms with van der Waals surface area (Å²) in [5.74, 6) is 1.85. The van der Waals surface area contributed by atoms with Crippen molar-refractivity contribution in [2.24, 2.45) is 0 Å². The van der Waals surface area contributed by atoms with Crippen LogP contribution in [0.3, 0.4) is 0 Å². The number of rotatable bonds is 11. The van der Waals surface area contributed by atoms with Crippen LogP contribution in [0.5, 0.6) is 0 Å². The first kappa shape index (κ1) is 16.2. The molecular formula is C14H25NO4. The lowest BCUT2D eigenvalue weighted by atomic mass is 10.2. The summed E-state index contributed by atoms with van der Waals surface area (Å²) >= 11 is 0. The lowest BCUT2D eigenvalue weighted by Crippen LogP contribution is -2.05. The molecule has 1 rings (SSSR count). The highest BCUT2D eigenvalue weighted by Gasteiger charge is 2.06. The average molecular weight is 271 g/mol. The Labute approximate surface area is 115 Å². The first-order valence-electron chi connectivity index (χ1n) is 6.65. The van der Waals surface area contributed by atoms with Crippen molar-refractivity contribution in [3.05, 3.63) is 23.2 Å². The second-order valence-electron chi connectivity index (χ2n) is 4.36. The van der Waals surface area contributed by atoms with E-state index in [1.807, 2.05) is 20.0 Å². The smallest absolute Gasteiger partial charge is 0.130 e. The fourth-order valence-corrected chi connectivity index (χ4v) is 1.68. The fourth-order valence-electron chi connectivity index (χ4n) is 1.68. The van der Waals surface area contributed by atoms with Gasteiger partial charge in [0.2, 0.25) is 0 Å². The third kappa shape index (κ3) is 6.73. The van der Waals surface area contributed by atoms with Gasteiger partial charge in [-0.3, -0.25) is 0 Å². The molecule has 0 radical (unpaired) electrons. The van der Waals surface area contributed by atoms with Crippen molar-refractivity contribution in [1.29, 1.82) is 0 Å². The summed E-state index contributed by atoms with van der Waals surface area (Å²) in [6.45, 7) is 5.97. The molecule has 0 aliphatic carbocycles. The van der Waals surface area contributed by atoms with Gasteiger partial charge >= 0.3 is 0 Å². The summed E-state index contributed by atoms with van der Waals surface area (Å²) in [6.07, 6.45) is 0.882. The molecule has 0 atom stereocenters. The predicted octanol–water partition coefficient (Wildman–Crippen LogP) is 1.88. The van der Waals surface area contributed by atoms with E-state index < -0.39 is 0 Å². The lowest BCUT2D eigenvalue weighted by Gasteiger charge is -2.04. The van der Waals surface area contributed by atoms with Crippen LogP contribution in [0.25, 0.3) is 0 Å². The fraction of sp³-hybridized carbons (Fsp3) is 0.714. The van der Waals surface area contributed by atoms with Gasteiger partial charge in [0.05, 0.1) is 19.8 Å². The van der Waals surface area contributed by atoms with Crippen LogP contribution < -0.4 is 5.32 Å². The van der Waals surface area contributed by atoms with Crippen molar-refractivity contribution >= 4 is 0 Å². The Kier molecular flexibility index (Phi) is 8.49. The molecule has 110 valence electrons. The van der Waals surface area contributed by atoms with Crippen LogP contribution in [0.4, 0.5) is 0 Å². The van der Waals surface area contributed by atoms with Crippen LogP contribution in [-0.4, -0.2) is 40.6 Å². The quantitative estimate of drug-likeness (QED) is 0.623. The van der Waals surface area contributed by atoms with Crippen molar-refractivity contribution in [3.63, 3.8) is 0 Å². The van der Waals surface area contributed by atoms with Gasteiger partial charge in [-0.1, -0.05) is 0 Å². The first-order chi connectivity index (χ1) is 9.27. The van der Waals surface area contributed by atoms with E-state index in [9.17, 15) is 0 Å². The molecule has 0 amide bonds. The van der Waals surface area contributed by atoms with E-state index in [0.29, 0.717) is 33.0 Å². The highest BCUT2D eigenvalue weighted by Crippen LogP contribution is 2.15. The standard InChI is InChI=1S/C14H25NO4/c1-12-9-13(19-14(12)10-15-2)11-18-6-4-5-17-8-7-16-3/h9,15H,4-8,10-11H2,1-3H3. The third-order valence-electron chi connectivity index (χ3n) is 2.66. The van der Waals surface area contributed by atoms with Gasteiger partial charge in [0.25, 0.3) is 0 Å². The lowest BCUT2D eigenvalue weighted by molar-refractivity contribution is 0.0451.